The van der Waals surface area contributed by atoms with Gasteiger partial charge in [0.05, 0.1) is 11.0 Å². The van der Waals surface area contributed by atoms with Gasteiger partial charge in [0, 0.05) is 6.54 Å². The number of hydrogen-bond acceptors (Lipinski definition) is 5. The van der Waals surface area contributed by atoms with E-state index < -0.39 is 0 Å². The summed E-state index contributed by atoms with van der Waals surface area (Å²) in [5.41, 5.74) is 7.62. The lowest BCUT2D eigenvalue weighted by atomic mass is 10.3. The van der Waals surface area contributed by atoms with Crippen molar-refractivity contribution in [1.82, 2.24) is 24.7 Å². The second-order valence-corrected chi connectivity index (χ2v) is 3.81. The molecule has 18 heavy (non-hydrogen) atoms. The third-order valence-corrected chi connectivity index (χ3v) is 2.54. The highest BCUT2D eigenvalue weighted by Crippen LogP contribution is 2.15. The number of aromatic nitrogens is 5. The van der Waals surface area contributed by atoms with Crippen molar-refractivity contribution in [2.75, 3.05) is 17.6 Å². The normalized spacial score (nSPS) is 10.9. The molecular formula is C11H13N7. The topological polar surface area (TPSA) is 97.4 Å². The molecule has 0 aliphatic heterocycles. The van der Waals surface area contributed by atoms with Crippen molar-refractivity contribution in [3.8, 4) is 5.95 Å². The minimum absolute atomic E-state index is 0.296. The number of imidazole rings is 1. The number of anilines is 2. The van der Waals surface area contributed by atoms with E-state index in [2.05, 4.69) is 25.4 Å². The first-order valence-corrected chi connectivity index (χ1v) is 5.69. The van der Waals surface area contributed by atoms with E-state index >= 15 is 0 Å². The molecule has 3 aromatic rings. The molecule has 4 N–H and O–H groups in total. The molecule has 1 aromatic carbocycles. The van der Waals surface area contributed by atoms with Crippen molar-refractivity contribution in [1.29, 1.82) is 0 Å². The second kappa shape index (κ2) is 4.02. The Morgan fingerprint density at radius 3 is 2.94 bits per heavy atom. The van der Waals surface area contributed by atoms with E-state index in [9.17, 15) is 0 Å². The molecule has 7 nitrogen and oxygen atoms in total. The highest BCUT2D eigenvalue weighted by Gasteiger charge is 2.11. The highest BCUT2D eigenvalue weighted by molar-refractivity contribution is 5.76. The van der Waals surface area contributed by atoms with E-state index in [-0.39, 0.29) is 0 Å². The molecule has 0 aliphatic rings. The summed E-state index contributed by atoms with van der Waals surface area (Å²) in [6.07, 6.45) is 0. The van der Waals surface area contributed by atoms with Crippen molar-refractivity contribution < 1.29 is 0 Å². The zero-order chi connectivity index (χ0) is 12.5. The molecule has 7 heteroatoms. The number of fused-ring (bicyclic) bond motifs is 1. The Morgan fingerprint density at radius 1 is 1.33 bits per heavy atom. The summed E-state index contributed by atoms with van der Waals surface area (Å²) in [5.74, 6) is 1.35. The smallest absolute Gasteiger partial charge is 0.244 e. The van der Waals surface area contributed by atoms with Crippen LogP contribution in [-0.4, -0.2) is 31.3 Å². The lowest BCUT2D eigenvalue weighted by molar-refractivity contribution is 0.838. The molecule has 0 unspecified atom stereocenters. The lowest BCUT2D eigenvalue weighted by Gasteiger charge is -1.95. The standard InChI is InChI=1S/C11H13N7/c1-2-13-10-16-9(12)18(17-10)11-14-7-5-3-4-6-8(7)15-11/h3-6H,2H2,1H3,(H,14,15)(H3,12,13,16,17). The van der Waals surface area contributed by atoms with Gasteiger partial charge in [-0.25, -0.2) is 4.98 Å². The molecule has 2 heterocycles. The Labute approximate surface area is 103 Å². The number of hydrogen-bond donors (Lipinski definition) is 3. The maximum absolute atomic E-state index is 5.81. The van der Waals surface area contributed by atoms with Crippen LogP contribution in [-0.2, 0) is 0 Å². The summed E-state index contributed by atoms with van der Waals surface area (Å²) in [4.78, 5) is 11.7. The Hall–Kier alpha value is -2.57. The molecule has 0 saturated heterocycles. The van der Waals surface area contributed by atoms with Crippen LogP contribution in [0.1, 0.15) is 6.92 Å². The monoisotopic (exact) mass is 243 g/mol. The Morgan fingerprint density at radius 2 is 2.17 bits per heavy atom. The summed E-state index contributed by atoms with van der Waals surface area (Å²) in [5, 5.41) is 7.25. The van der Waals surface area contributed by atoms with Gasteiger partial charge in [0.25, 0.3) is 0 Å². The lowest BCUT2D eigenvalue weighted by Crippen LogP contribution is -2.04. The van der Waals surface area contributed by atoms with Gasteiger partial charge in [-0.05, 0) is 19.1 Å². The molecule has 0 fully saturated rings. The average Bonchev–Trinajstić information content (AvgIpc) is 2.92. The summed E-state index contributed by atoms with van der Waals surface area (Å²) < 4.78 is 1.48. The van der Waals surface area contributed by atoms with Crippen LogP contribution >= 0.6 is 0 Å². The first-order chi connectivity index (χ1) is 8.78. The van der Waals surface area contributed by atoms with Crippen LogP contribution in [0.5, 0.6) is 0 Å². The maximum atomic E-state index is 5.81. The summed E-state index contributed by atoms with van der Waals surface area (Å²) in [6.45, 7) is 2.71. The maximum Gasteiger partial charge on any atom is 0.244 e. The molecule has 92 valence electrons. The number of nitrogens with two attached hydrogens (primary N) is 1. The number of para-hydroxylation sites is 2. The summed E-state index contributed by atoms with van der Waals surface area (Å²) >= 11 is 0. The van der Waals surface area contributed by atoms with Gasteiger partial charge >= 0.3 is 0 Å². The van der Waals surface area contributed by atoms with Crippen LogP contribution < -0.4 is 11.1 Å². The van der Waals surface area contributed by atoms with Gasteiger partial charge in [-0.3, -0.25) is 0 Å². The molecule has 0 atom stereocenters. The van der Waals surface area contributed by atoms with Crippen molar-refractivity contribution in [2.45, 2.75) is 6.92 Å². The number of rotatable bonds is 3. The molecule has 0 spiro atoms. The van der Waals surface area contributed by atoms with Crippen LogP contribution in [0, 0.1) is 0 Å². The fraction of sp³-hybridized carbons (Fsp3) is 0.182. The van der Waals surface area contributed by atoms with E-state index in [0.29, 0.717) is 17.8 Å². The van der Waals surface area contributed by atoms with Crippen LogP contribution in [0.3, 0.4) is 0 Å². The van der Waals surface area contributed by atoms with E-state index in [1.165, 1.54) is 4.68 Å². The Kier molecular flexibility index (Phi) is 2.36. The van der Waals surface area contributed by atoms with Gasteiger partial charge < -0.3 is 16.0 Å². The van der Waals surface area contributed by atoms with Crippen molar-refractivity contribution in [2.24, 2.45) is 0 Å². The fourth-order valence-electron chi connectivity index (χ4n) is 1.75. The number of nitrogen functional groups attached to an aromatic ring is 1. The largest absolute Gasteiger partial charge is 0.368 e. The number of nitrogens with zero attached hydrogens (tertiary/aromatic N) is 4. The van der Waals surface area contributed by atoms with Gasteiger partial charge in [0.2, 0.25) is 17.8 Å². The third-order valence-electron chi connectivity index (χ3n) is 2.54. The van der Waals surface area contributed by atoms with E-state index in [0.717, 1.165) is 17.6 Å². The zero-order valence-electron chi connectivity index (χ0n) is 9.88. The summed E-state index contributed by atoms with van der Waals surface area (Å²) in [6, 6.07) is 7.75. The minimum atomic E-state index is 0.296. The van der Waals surface area contributed by atoms with Gasteiger partial charge in [-0.1, -0.05) is 12.1 Å². The first-order valence-electron chi connectivity index (χ1n) is 5.69. The fourth-order valence-corrected chi connectivity index (χ4v) is 1.75. The zero-order valence-corrected chi connectivity index (χ0v) is 9.88. The molecular weight excluding hydrogens is 230 g/mol. The molecule has 0 aliphatic carbocycles. The van der Waals surface area contributed by atoms with Crippen LogP contribution in [0.2, 0.25) is 0 Å². The van der Waals surface area contributed by atoms with E-state index in [4.69, 9.17) is 5.73 Å². The molecule has 0 radical (unpaired) electrons. The number of H-pyrrole nitrogens is 1. The van der Waals surface area contributed by atoms with E-state index in [1.807, 2.05) is 31.2 Å². The minimum Gasteiger partial charge on any atom is -0.368 e. The number of nitrogens with one attached hydrogen (secondary N) is 2. The van der Waals surface area contributed by atoms with E-state index in [1.54, 1.807) is 0 Å². The van der Waals surface area contributed by atoms with Gasteiger partial charge in [0.1, 0.15) is 0 Å². The SMILES string of the molecule is CCNc1nc(N)n(-c2nc3ccccc3[nH]2)n1. The van der Waals surface area contributed by atoms with Crippen LogP contribution in [0.4, 0.5) is 11.9 Å². The van der Waals surface area contributed by atoms with Gasteiger partial charge in [-0.2, -0.15) is 9.67 Å². The molecule has 2 aromatic heterocycles. The first kappa shape index (κ1) is 10.6. The second-order valence-electron chi connectivity index (χ2n) is 3.81. The number of benzene rings is 1. The van der Waals surface area contributed by atoms with Crippen molar-refractivity contribution >= 4 is 22.9 Å². The average molecular weight is 243 g/mol. The molecule has 0 bridgehead atoms. The van der Waals surface area contributed by atoms with Crippen LogP contribution in [0.15, 0.2) is 24.3 Å². The molecule has 3 rings (SSSR count). The summed E-state index contributed by atoms with van der Waals surface area (Å²) in [7, 11) is 0. The molecule has 0 amide bonds. The highest BCUT2D eigenvalue weighted by atomic mass is 15.5. The van der Waals surface area contributed by atoms with Crippen molar-refractivity contribution in [3.63, 3.8) is 0 Å². The number of aromatic amines is 1. The van der Waals surface area contributed by atoms with Gasteiger partial charge in [-0.15, -0.1) is 5.10 Å². The third kappa shape index (κ3) is 1.65. The Balaban J connectivity index is 2.08. The quantitative estimate of drug-likeness (QED) is 0.641. The van der Waals surface area contributed by atoms with Crippen molar-refractivity contribution in [3.05, 3.63) is 24.3 Å². The van der Waals surface area contributed by atoms with Gasteiger partial charge in [0.15, 0.2) is 0 Å². The predicted molar refractivity (Wildman–Crippen MR) is 69.6 cm³/mol. The van der Waals surface area contributed by atoms with Crippen LogP contribution in [0.25, 0.3) is 17.0 Å². The molecule has 0 saturated carbocycles. The Bertz CT molecular complexity index is 649. The predicted octanol–water partition coefficient (Wildman–Crippen LogP) is 1.16.